The van der Waals surface area contributed by atoms with E-state index in [2.05, 4.69) is 29.7 Å². The van der Waals surface area contributed by atoms with Crippen LogP contribution in [0, 0.1) is 39.4 Å². The molecule has 0 radical (unpaired) electrons. The van der Waals surface area contributed by atoms with Crippen molar-refractivity contribution in [1.29, 1.82) is 0 Å². The number of carbonyl (C=O) groups is 3. The highest BCUT2D eigenvalue weighted by molar-refractivity contribution is 5.97. The Balaban J connectivity index is 1.01. The first-order valence-electron chi connectivity index (χ1n) is 18.8. The third-order valence-corrected chi connectivity index (χ3v) is 15.5. The highest BCUT2D eigenvalue weighted by atomic mass is 16.7. The standard InChI is InChI=1S/C39H48N2O9/c1-34(2)38-14-4-13-36(29(43)30(38)44)26(37(38)19-47-28(42)17-27(37)49-34)11-15-35(3)31(48-33(45)32-39(35,36)50-32)23-12-16-46-25(23)10-7-21-5-8-22(9-6-21)24-18-40-20-41-24/h4-5,8,12,14,16,21-22,24,26-27,29,31-32,40-41,43H,6-7,9-11,13,15,17-20H2,1-3H3/t21-,22-,24-,26-,27-,29+,31-,32+,35-,36-,37-,38+,39+/m0/s1. The predicted molar refractivity (Wildman–Crippen MR) is 176 cm³/mol. The molecule has 11 nitrogen and oxygen atoms in total. The van der Waals surface area contributed by atoms with Crippen LogP contribution in [0.25, 0.3) is 0 Å². The number of carbonyl (C=O) groups excluding carboxylic acids is 3. The Morgan fingerprint density at radius 2 is 1.88 bits per heavy atom. The van der Waals surface area contributed by atoms with Crippen molar-refractivity contribution >= 4 is 17.7 Å². The lowest BCUT2D eigenvalue weighted by Gasteiger charge is -2.68. The van der Waals surface area contributed by atoms with Crippen LogP contribution < -0.4 is 10.6 Å². The number of esters is 2. The Morgan fingerprint density at radius 3 is 2.66 bits per heavy atom. The zero-order valence-corrected chi connectivity index (χ0v) is 29.1. The summed E-state index contributed by atoms with van der Waals surface area (Å²) >= 11 is 0. The summed E-state index contributed by atoms with van der Waals surface area (Å²) in [5.41, 5.74) is -5.36. The zero-order chi connectivity index (χ0) is 34.5. The van der Waals surface area contributed by atoms with E-state index in [1.165, 1.54) is 0 Å². The molecule has 4 spiro atoms. The van der Waals surface area contributed by atoms with Crippen LogP contribution >= 0.6 is 0 Å². The van der Waals surface area contributed by atoms with Crippen LogP contribution in [0.5, 0.6) is 0 Å². The molecule has 5 aliphatic carbocycles. The fourth-order valence-corrected chi connectivity index (χ4v) is 13.4. The number of rotatable bonds is 5. The second-order valence-corrected chi connectivity index (χ2v) is 17.5. The topological polar surface area (TPSA) is 149 Å². The number of aryl methyl sites for hydroxylation is 1. The van der Waals surface area contributed by atoms with Gasteiger partial charge < -0.3 is 33.8 Å². The Kier molecular flexibility index (Phi) is 6.49. The number of hydrogen-bond acceptors (Lipinski definition) is 11. The van der Waals surface area contributed by atoms with Gasteiger partial charge in [0, 0.05) is 42.1 Å². The summed E-state index contributed by atoms with van der Waals surface area (Å²) in [5, 5.41) is 19.5. The predicted octanol–water partition coefficient (Wildman–Crippen LogP) is 3.45. The van der Waals surface area contributed by atoms with E-state index in [1.807, 2.05) is 32.1 Å². The van der Waals surface area contributed by atoms with Crippen molar-refractivity contribution in [1.82, 2.24) is 10.6 Å². The van der Waals surface area contributed by atoms with Crippen molar-refractivity contribution in [2.75, 3.05) is 19.8 Å². The van der Waals surface area contributed by atoms with E-state index in [0.717, 1.165) is 43.8 Å². The number of epoxide rings is 1. The highest BCUT2D eigenvalue weighted by Crippen LogP contribution is 2.84. The van der Waals surface area contributed by atoms with Crippen molar-refractivity contribution in [3.8, 4) is 0 Å². The van der Waals surface area contributed by atoms with Gasteiger partial charge in [0.25, 0.3) is 0 Å². The van der Waals surface area contributed by atoms with E-state index < -0.39 is 63.2 Å². The van der Waals surface area contributed by atoms with E-state index in [4.69, 9.17) is 23.4 Å². The normalized spacial score (nSPS) is 50.8. The van der Waals surface area contributed by atoms with Gasteiger partial charge in [-0.05, 0) is 76.2 Å². The fourth-order valence-electron chi connectivity index (χ4n) is 13.4. The summed E-state index contributed by atoms with van der Waals surface area (Å²) in [4.78, 5) is 41.7. The van der Waals surface area contributed by atoms with Gasteiger partial charge in [-0.25, -0.2) is 4.79 Å². The Labute approximate surface area is 291 Å². The first kappa shape index (κ1) is 31.9. The minimum Gasteiger partial charge on any atom is -0.469 e. The maximum atomic E-state index is 15.0. The number of allylic oxidation sites excluding steroid dienone is 2. The Bertz CT molecular complexity index is 1730. The second-order valence-electron chi connectivity index (χ2n) is 17.5. The summed E-state index contributed by atoms with van der Waals surface area (Å²) in [7, 11) is 0. The molecule has 2 bridgehead atoms. The number of ether oxygens (including phenoxy) is 4. The van der Waals surface area contributed by atoms with Gasteiger partial charge in [-0.3, -0.25) is 14.9 Å². The molecule has 0 aromatic carbocycles. The SMILES string of the molecule is CC1(C)O[C@H]2CC(=O)OC[C@]23[C@H]2CC[C@@]4(C)[C@H](c5ccoc5CC[C@H]5C=C[C@H]([C@@H]6CNCN6)CC5)OC(=O)[C@H]5O[C@]54[C@@]24CC=C[C@@]13C(=O)[C@H]4O. The average Bonchev–Trinajstić information content (AvgIpc) is 3.37. The summed E-state index contributed by atoms with van der Waals surface area (Å²) in [6.07, 6.45) is 12.3. The average molecular weight is 689 g/mol. The van der Waals surface area contributed by atoms with Crippen molar-refractivity contribution in [3.05, 3.63) is 48.0 Å². The molecular formula is C39H48N2O9. The lowest BCUT2D eigenvalue weighted by Crippen LogP contribution is -2.79. The molecular weight excluding hydrogens is 640 g/mol. The smallest absolute Gasteiger partial charge is 0.339 e. The molecule has 11 rings (SSSR count). The summed E-state index contributed by atoms with van der Waals surface area (Å²) in [6, 6.07) is 2.42. The zero-order valence-electron chi connectivity index (χ0n) is 29.1. The van der Waals surface area contributed by atoms with Gasteiger partial charge in [0.15, 0.2) is 11.9 Å². The summed E-state index contributed by atoms with van der Waals surface area (Å²) in [6.45, 7) is 7.80. The molecule has 0 amide bonds. The number of aliphatic hydroxyl groups is 1. The molecule has 10 aliphatic rings. The minimum atomic E-state index is -1.41. The van der Waals surface area contributed by atoms with E-state index in [1.54, 1.807) is 6.26 Å². The quantitative estimate of drug-likeness (QED) is 0.237. The number of cyclic esters (lactones) is 2. The van der Waals surface area contributed by atoms with Gasteiger partial charge >= 0.3 is 11.9 Å². The number of hydrogen-bond donors (Lipinski definition) is 3. The van der Waals surface area contributed by atoms with Crippen molar-refractivity contribution < 1.29 is 42.9 Å². The molecule has 50 heavy (non-hydrogen) atoms. The molecule has 1 aromatic rings. The van der Waals surface area contributed by atoms with Gasteiger partial charge in [-0.2, -0.15) is 0 Å². The van der Waals surface area contributed by atoms with Crippen LogP contribution in [0.3, 0.4) is 0 Å². The van der Waals surface area contributed by atoms with Crippen LogP contribution in [0.2, 0.25) is 0 Å². The van der Waals surface area contributed by atoms with Gasteiger partial charge in [0.05, 0.1) is 35.2 Å². The monoisotopic (exact) mass is 688 g/mol. The maximum absolute atomic E-state index is 15.0. The number of nitrogens with one attached hydrogen (secondary N) is 2. The molecule has 3 N–H and O–H groups in total. The van der Waals surface area contributed by atoms with Gasteiger partial charge in [-0.15, -0.1) is 0 Å². The van der Waals surface area contributed by atoms with Crippen LogP contribution in [0.4, 0.5) is 0 Å². The first-order chi connectivity index (χ1) is 24.0. The molecule has 11 heteroatoms. The number of aliphatic hydroxyl groups excluding tert-OH is 1. The van der Waals surface area contributed by atoms with Crippen molar-refractivity contribution in [3.63, 3.8) is 0 Å². The fraction of sp³-hybridized carbons (Fsp3) is 0.718. The molecule has 1 aromatic heterocycles. The Morgan fingerprint density at radius 1 is 1.02 bits per heavy atom. The largest absolute Gasteiger partial charge is 0.469 e. The van der Waals surface area contributed by atoms with Crippen molar-refractivity contribution in [2.45, 2.75) is 114 Å². The lowest BCUT2D eigenvalue weighted by molar-refractivity contribution is -0.262. The minimum absolute atomic E-state index is 0.0246. The molecule has 268 valence electrons. The molecule has 7 fully saturated rings. The number of furan rings is 1. The molecule has 0 unspecified atom stereocenters. The molecule has 13 atom stereocenters. The van der Waals surface area contributed by atoms with Gasteiger partial charge in [-0.1, -0.05) is 31.2 Å². The molecule has 6 heterocycles. The van der Waals surface area contributed by atoms with Gasteiger partial charge in [0.1, 0.15) is 30.2 Å². The number of ketones is 1. The second kappa shape index (κ2) is 10.2. The number of Topliss-reactive ketones (excluding diaryl/α,β-unsaturated/α-hetero) is 1. The van der Waals surface area contributed by atoms with Crippen LogP contribution in [0.1, 0.15) is 83.1 Å². The Hall–Kier alpha value is -2.83. The lowest BCUT2D eigenvalue weighted by atomic mass is 9.33. The van der Waals surface area contributed by atoms with Crippen LogP contribution in [-0.4, -0.2) is 78.2 Å². The van der Waals surface area contributed by atoms with E-state index in [-0.39, 0.29) is 30.7 Å². The van der Waals surface area contributed by atoms with Crippen molar-refractivity contribution in [2.24, 2.45) is 39.4 Å². The first-order valence-corrected chi connectivity index (χ1v) is 18.8. The van der Waals surface area contributed by atoms with E-state index in [9.17, 15) is 14.7 Å². The number of fused-ring (bicyclic) bond motifs is 2. The third kappa shape index (κ3) is 3.48. The summed E-state index contributed by atoms with van der Waals surface area (Å²) < 4.78 is 31.7. The third-order valence-electron chi connectivity index (χ3n) is 15.5. The van der Waals surface area contributed by atoms with E-state index in [0.29, 0.717) is 43.6 Å². The van der Waals surface area contributed by atoms with Gasteiger partial charge in [0.2, 0.25) is 0 Å². The highest BCUT2D eigenvalue weighted by Gasteiger charge is 2.94. The molecule has 5 saturated heterocycles. The van der Waals surface area contributed by atoms with Crippen LogP contribution in [-0.2, 0) is 39.8 Å². The molecule has 2 saturated carbocycles. The summed E-state index contributed by atoms with van der Waals surface area (Å²) in [5.74, 6) is 0.325. The molecule has 5 aliphatic heterocycles. The maximum Gasteiger partial charge on any atom is 0.339 e. The van der Waals surface area contributed by atoms with Crippen LogP contribution in [0.15, 0.2) is 41.1 Å². The van der Waals surface area contributed by atoms with E-state index >= 15 is 4.79 Å².